The van der Waals surface area contributed by atoms with Gasteiger partial charge in [-0.2, -0.15) is 11.8 Å². The van der Waals surface area contributed by atoms with Crippen molar-refractivity contribution in [1.29, 1.82) is 0 Å². The van der Waals surface area contributed by atoms with E-state index in [1.807, 2.05) is 6.26 Å². The molecule has 0 aliphatic heterocycles. The number of hydrogen-bond donors (Lipinski definition) is 3. The van der Waals surface area contributed by atoms with Gasteiger partial charge in [0.15, 0.2) is 0 Å². The minimum atomic E-state index is -0.910. The standard InChI is InChI=1S/C9H18N2O3S/c1-6(8(12)13)7(2)11-9(14)10-4-5-15-3/h6-7H,4-5H2,1-3H3,(H,12,13)(H2,10,11,14). The number of carboxylic acid groups (broad SMARTS) is 1. The number of aliphatic carboxylic acids is 1. The number of rotatable bonds is 6. The summed E-state index contributed by atoms with van der Waals surface area (Å²) < 4.78 is 0. The molecule has 0 aromatic heterocycles. The molecule has 0 fully saturated rings. The van der Waals surface area contributed by atoms with Crippen molar-refractivity contribution in [3.8, 4) is 0 Å². The lowest BCUT2D eigenvalue weighted by Gasteiger charge is -2.17. The van der Waals surface area contributed by atoms with Crippen LogP contribution in [0, 0.1) is 5.92 Å². The van der Waals surface area contributed by atoms with E-state index in [2.05, 4.69) is 10.6 Å². The van der Waals surface area contributed by atoms with Crippen molar-refractivity contribution in [3.05, 3.63) is 0 Å². The molecule has 0 bridgehead atoms. The lowest BCUT2D eigenvalue weighted by Crippen LogP contribution is -2.45. The zero-order valence-electron chi connectivity index (χ0n) is 9.24. The molecule has 0 spiro atoms. The zero-order chi connectivity index (χ0) is 11.8. The van der Waals surface area contributed by atoms with Gasteiger partial charge in [0.2, 0.25) is 0 Å². The zero-order valence-corrected chi connectivity index (χ0v) is 10.1. The summed E-state index contributed by atoms with van der Waals surface area (Å²) in [6, 6.07) is -0.693. The summed E-state index contributed by atoms with van der Waals surface area (Å²) in [7, 11) is 0. The third-order valence-corrected chi connectivity index (χ3v) is 2.70. The Morgan fingerprint density at radius 1 is 1.40 bits per heavy atom. The minimum Gasteiger partial charge on any atom is -0.481 e. The maximum Gasteiger partial charge on any atom is 0.315 e. The first-order valence-electron chi connectivity index (χ1n) is 4.75. The third kappa shape index (κ3) is 6.22. The van der Waals surface area contributed by atoms with Gasteiger partial charge in [-0.1, -0.05) is 0 Å². The highest BCUT2D eigenvalue weighted by atomic mass is 32.2. The molecule has 3 N–H and O–H groups in total. The number of carboxylic acids is 1. The van der Waals surface area contributed by atoms with Crippen molar-refractivity contribution in [1.82, 2.24) is 10.6 Å². The average Bonchev–Trinajstić information content (AvgIpc) is 2.16. The molecule has 0 radical (unpaired) electrons. The number of nitrogens with one attached hydrogen (secondary N) is 2. The average molecular weight is 234 g/mol. The number of carbonyl (C=O) groups excluding carboxylic acids is 1. The Bertz CT molecular complexity index is 223. The van der Waals surface area contributed by atoms with Crippen LogP contribution in [0.4, 0.5) is 4.79 Å². The van der Waals surface area contributed by atoms with Crippen molar-refractivity contribution in [2.45, 2.75) is 19.9 Å². The van der Waals surface area contributed by atoms with Gasteiger partial charge in [-0.15, -0.1) is 0 Å². The fraction of sp³-hybridized carbons (Fsp3) is 0.778. The lowest BCUT2D eigenvalue weighted by atomic mass is 10.0. The third-order valence-electron chi connectivity index (χ3n) is 2.09. The van der Waals surface area contributed by atoms with Crippen LogP contribution in [0.15, 0.2) is 0 Å². The molecule has 88 valence electrons. The van der Waals surface area contributed by atoms with E-state index in [0.29, 0.717) is 6.54 Å². The number of thioether (sulfide) groups is 1. The van der Waals surface area contributed by atoms with Crippen LogP contribution in [0.2, 0.25) is 0 Å². The molecule has 0 rings (SSSR count). The Kier molecular flexibility index (Phi) is 6.94. The van der Waals surface area contributed by atoms with Crippen LogP contribution in [0.1, 0.15) is 13.8 Å². The monoisotopic (exact) mass is 234 g/mol. The van der Waals surface area contributed by atoms with E-state index in [-0.39, 0.29) is 12.1 Å². The summed E-state index contributed by atoms with van der Waals surface area (Å²) in [6.45, 7) is 3.82. The quantitative estimate of drug-likeness (QED) is 0.593. The van der Waals surface area contributed by atoms with Gasteiger partial charge in [0, 0.05) is 18.3 Å². The van der Waals surface area contributed by atoms with Crippen LogP contribution in [0.5, 0.6) is 0 Å². The summed E-state index contributed by atoms with van der Waals surface area (Å²) in [5, 5.41) is 13.9. The normalized spacial score (nSPS) is 14.1. The van der Waals surface area contributed by atoms with Crippen LogP contribution in [-0.2, 0) is 4.79 Å². The van der Waals surface area contributed by atoms with Gasteiger partial charge in [0.1, 0.15) is 0 Å². The van der Waals surface area contributed by atoms with Gasteiger partial charge in [0.25, 0.3) is 0 Å². The fourth-order valence-electron chi connectivity index (χ4n) is 0.863. The van der Waals surface area contributed by atoms with Gasteiger partial charge in [0.05, 0.1) is 5.92 Å². The summed E-state index contributed by atoms with van der Waals surface area (Å²) >= 11 is 1.64. The number of hydrogen-bond acceptors (Lipinski definition) is 3. The van der Waals surface area contributed by atoms with E-state index in [1.165, 1.54) is 0 Å². The van der Waals surface area contributed by atoms with Crippen molar-refractivity contribution < 1.29 is 14.7 Å². The molecule has 0 saturated carbocycles. The van der Waals surface area contributed by atoms with Crippen molar-refractivity contribution in [2.24, 2.45) is 5.92 Å². The van der Waals surface area contributed by atoms with Gasteiger partial charge in [-0.25, -0.2) is 4.79 Å². The Morgan fingerprint density at radius 3 is 2.47 bits per heavy atom. The van der Waals surface area contributed by atoms with Crippen LogP contribution < -0.4 is 10.6 Å². The molecule has 5 nitrogen and oxygen atoms in total. The number of carbonyl (C=O) groups is 2. The molecular weight excluding hydrogens is 216 g/mol. The Morgan fingerprint density at radius 2 is 2.00 bits per heavy atom. The van der Waals surface area contributed by atoms with Gasteiger partial charge >= 0.3 is 12.0 Å². The van der Waals surface area contributed by atoms with E-state index >= 15 is 0 Å². The summed E-state index contributed by atoms with van der Waals surface area (Å²) in [4.78, 5) is 21.8. The van der Waals surface area contributed by atoms with Crippen LogP contribution in [-0.4, -0.2) is 41.7 Å². The minimum absolute atomic E-state index is 0.315. The van der Waals surface area contributed by atoms with Crippen LogP contribution in [0.25, 0.3) is 0 Å². The predicted octanol–water partition coefficient (Wildman–Crippen LogP) is 0.758. The molecule has 0 saturated heterocycles. The molecule has 0 heterocycles. The Labute approximate surface area is 94.0 Å². The second-order valence-electron chi connectivity index (χ2n) is 3.31. The molecule has 0 aromatic carbocycles. The van der Waals surface area contributed by atoms with Gasteiger partial charge in [-0.3, -0.25) is 4.79 Å². The van der Waals surface area contributed by atoms with Gasteiger partial charge < -0.3 is 15.7 Å². The molecule has 6 heteroatoms. The van der Waals surface area contributed by atoms with E-state index < -0.39 is 11.9 Å². The molecule has 0 aliphatic rings. The predicted molar refractivity (Wildman–Crippen MR) is 61.2 cm³/mol. The maximum absolute atomic E-state index is 11.2. The second kappa shape index (κ2) is 7.39. The number of urea groups is 1. The van der Waals surface area contributed by atoms with Crippen molar-refractivity contribution >= 4 is 23.8 Å². The Balaban J connectivity index is 3.80. The molecule has 0 aliphatic carbocycles. The van der Waals surface area contributed by atoms with E-state index in [4.69, 9.17) is 5.11 Å². The molecule has 2 unspecified atom stereocenters. The molecule has 15 heavy (non-hydrogen) atoms. The van der Waals surface area contributed by atoms with Crippen molar-refractivity contribution in [2.75, 3.05) is 18.6 Å². The van der Waals surface area contributed by atoms with Gasteiger partial charge in [-0.05, 0) is 20.1 Å². The first kappa shape index (κ1) is 14.1. The maximum atomic E-state index is 11.2. The largest absolute Gasteiger partial charge is 0.481 e. The smallest absolute Gasteiger partial charge is 0.315 e. The molecule has 0 aromatic rings. The highest BCUT2D eigenvalue weighted by molar-refractivity contribution is 7.98. The molecule has 2 atom stereocenters. The van der Waals surface area contributed by atoms with Crippen molar-refractivity contribution in [3.63, 3.8) is 0 Å². The summed E-state index contributed by atoms with van der Waals surface area (Å²) in [6.07, 6.45) is 1.95. The highest BCUT2D eigenvalue weighted by Gasteiger charge is 2.20. The topological polar surface area (TPSA) is 78.4 Å². The van der Waals surface area contributed by atoms with E-state index in [9.17, 15) is 9.59 Å². The summed E-state index contributed by atoms with van der Waals surface area (Å²) in [5.74, 6) is -0.653. The lowest BCUT2D eigenvalue weighted by molar-refractivity contribution is -0.141. The first-order valence-corrected chi connectivity index (χ1v) is 6.14. The molecular formula is C9H18N2O3S. The molecule has 2 amide bonds. The van der Waals surface area contributed by atoms with E-state index in [1.54, 1.807) is 25.6 Å². The van der Waals surface area contributed by atoms with E-state index in [0.717, 1.165) is 5.75 Å². The fourth-order valence-corrected chi connectivity index (χ4v) is 1.17. The first-order chi connectivity index (χ1) is 6.99. The highest BCUT2D eigenvalue weighted by Crippen LogP contribution is 2.01. The van der Waals surface area contributed by atoms with Crippen LogP contribution in [0.3, 0.4) is 0 Å². The Hall–Kier alpha value is -0.910. The SMILES string of the molecule is CSCCNC(=O)NC(C)C(C)C(=O)O. The number of amides is 2. The second-order valence-corrected chi connectivity index (χ2v) is 4.29. The van der Waals surface area contributed by atoms with Crippen LogP contribution >= 0.6 is 11.8 Å². The summed E-state index contributed by atoms with van der Waals surface area (Å²) in [5.41, 5.74) is 0.